The van der Waals surface area contributed by atoms with E-state index in [4.69, 9.17) is 4.74 Å². The van der Waals surface area contributed by atoms with Gasteiger partial charge in [-0.25, -0.2) is 13.4 Å². The molecule has 1 aromatic heterocycles. The molecule has 0 aromatic carbocycles. The van der Waals surface area contributed by atoms with E-state index < -0.39 is 21.8 Å². The molecule has 0 bridgehead atoms. The van der Waals surface area contributed by atoms with Crippen molar-refractivity contribution in [2.24, 2.45) is 0 Å². The van der Waals surface area contributed by atoms with Crippen LogP contribution in [0.3, 0.4) is 0 Å². The van der Waals surface area contributed by atoms with Crippen LogP contribution in [0, 0.1) is 0 Å². The molecule has 0 aliphatic carbocycles. The fourth-order valence-corrected chi connectivity index (χ4v) is 3.44. The normalized spacial score (nSPS) is 17.5. The molecule has 1 aliphatic rings. The first kappa shape index (κ1) is 16.0. The molecule has 21 heavy (non-hydrogen) atoms. The van der Waals surface area contributed by atoms with E-state index in [2.05, 4.69) is 4.98 Å². The monoisotopic (exact) mass is 324 g/mol. The van der Waals surface area contributed by atoms with Crippen molar-refractivity contribution >= 4 is 10.0 Å². The number of nitrogens with zero attached hydrogens (tertiary/aromatic N) is 2. The molecule has 0 spiro atoms. The Hall–Kier alpha value is -1.35. The van der Waals surface area contributed by atoms with Gasteiger partial charge < -0.3 is 4.74 Å². The maximum Gasteiger partial charge on any atom is 0.417 e. The van der Waals surface area contributed by atoms with Crippen molar-refractivity contribution in [1.82, 2.24) is 9.29 Å². The molecule has 9 heteroatoms. The predicted octanol–water partition coefficient (Wildman–Crippen LogP) is 1.90. The highest BCUT2D eigenvalue weighted by Gasteiger charge is 2.37. The Morgan fingerprint density at radius 2 is 2.05 bits per heavy atom. The van der Waals surface area contributed by atoms with Gasteiger partial charge in [0, 0.05) is 12.3 Å². The molecule has 0 unspecified atom stereocenters. The number of ether oxygens (including phenoxy) is 1. The minimum atomic E-state index is -4.44. The minimum absolute atomic E-state index is 0.0561. The fourth-order valence-electron chi connectivity index (χ4n) is 1.88. The fraction of sp³-hybridized carbons (Fsp3) is 0.583. The smallest absolute Gasteiger partial charge is 0.417 e. The third kappa shape index (κ3) is 3.85. The van der Waals surface area contributed by atoms with Gasteiger partial charge in [-0.05, 0) is 12.5 Å². The summed E-state index contributed by atoms with van der Waals surface area (Å²) in [5.41, 5.74) is -0.851. The molecule has 0 N–H and O–H groups in total. The zero-order valence-electron chi connectivity index (χ0n) is 11.3. The van der Waals surface area contributed by atoms with E-state index in [0.29, 0.717) is 12.6 Å². The van der Waals surface area contributed by atoms with Crippen molar-refractivity contribution in [3.63, 3.8) is 0 Å². The van der Waals surface area contributed by atoms with Crippen LogP contribution in [0.5, 0.6) is 5.88 Å². The molecule has 1 saturated heterocycles. The molecule has 0 saturated carbocycles. The third-order valence-corrected chi connectivity index (χ3v) is 5.03. The van der Waals surface area contributed by atoms with Crippen LogP contribution in [0.2, 0.25) is 0 Å². The summed E-state index contributed by atoms with van der Waals surface area (Å²) in [5.74, 6) is 0.138. The quantitative estimate of drug-likeness (QED) is 0.830. The second kappa shape index (κ2) is 5.80. The van der Waals surface area contributed by atoms with Crippen LogP contribution >= 0.6 is 0 Å². The molecule has 118 valence electrons. The lowest BCUT2D eigenvalue weighted by molar-refractivity contribution is -0.137. The summed E-state index contributed by atoms with van der Waals surface area (Å²) in [7, 11) is -3.24. The molecule has 1 fully saturated rings. The van der Waals surface area contributed by atoms with Crippen molar-refractivity contribution in [2.45, 2.75) is 25.6 Å². The van der Waals surface area contributed by atoms with Gasteiger partial charge >= 0.3 is 6.18 Å². The Labute approximate surface area is 120 Å². The van der Waals surface area contributed by atoms with Gasteiger partial charge in [0.1, 0.15) is 6.10 Å². The van der Waals surface area contributed by atoms with Gasteiger partial charge in [-0.3, -0.25) is 0 Å². The first-order valence-corrected chi connectivity index (χ1v) is 8.01. The van der Waals surface area contributed by atoms with Gasteiger partial charge in [-0.2, -0.15) is 17.5 Å². The first-order valence-electron chi connectivity index (χ1n) is 6.40. The van der Waals surface area contributed by atoms with E-state index >= 15 is 0 Å². The second-order valence-corrected chi connectivity index (χ2v) is 6.84. The second-order valence-electron chi connectivity index (χ2n) is 4.76. The summed E-state index contributed by atoms with van der Waals surface area (Å²) in [6, 6.07) is 2.01. The Morgan fingerprint density at radius 1 is 1.38 bits per heavy atom. The van der Waals surface area contributed by atoms with Crippen LogP contribution in [0.1, 0.15) is 18.9 Å². The SMILES string of the molecule is CCCS(=O)(=O)N1CC(Oc2ccc(C(F)(F)F)cn2)C1. The van der Waals surface area contributed by atoms with Gasteiger partial charge in [0.25, 0.3) is 0 Å². The minimum Gasteiger partial charge on any atom is -0.472 e. The number of pyridine rings is 1. The van der Waals surface area contributed by atoms with Crippen LogP contribution in [0.25, 0.3) is 0 Å². The number of halogens is 3. The van der Waals surface area contributed by atoms with E-state index in [1.54, 1.807) is 6.92 Å². The van der Waals surface area contributed by atoms with Gasteiger partial charge in [-0.15, -0.1) is 0 Å². The molecular formula is C12H15F3N2O3S. The number of hydrogen-bond acceptors (Lipinski definition) is 4. The standard InChI is InChI=1S/C12H15F3N2O3S/c1-2-5-21(18,19)17-7-10(8-17)20-11-4-3-9(6-16-11)12(13,14)15/h3-4,6,10H,2,5,7-8H2,1H3. The highest BCUT2D eigenvalue weighted by atomic mass is 32.2. The molecule has 0 amide bonds. The molecule has 5 nitrogen and oxygen atoms in total. The largest absolute Gasteiger partial charge is 0.472 e. The molecular weight excluding hydrogens is 309 g/mol. The summed E-state index contributed by atoms with van der Waals surface area (Å²) < 4.78 is 67.1. The van der Waals surface area contributed by atoms with E-state index in [1.165, 1.54) is 4.31 Å². The lowest BCUT2D eigenvalue weighted by atomic mass is 10.2. The summed E-state index contributed by atoms with van der Waals surface area (Å²) in [4.78, 5) is 3.58. The summed E-state index contributed by atoms with van der Waals surface area (Å²) in [6.07, 6.45) is -3.59. The number of sulfonamides is 1. The number of rotatable bonds is 5. The molecule has 0 radical (unpaired) electrons. The maximum atomic E-state index is 12.4. The van der Waals surface area contributed by atoms with Crippen molar-refractivity contribution in [1.29, 1.82) is 0 Å². The topological polar surface area (TPSA) is 59.5 Å². The average molecular weight is 324 g/mol. The average Bonchev–Trinajstić information content (AvgIpc) is 2.32. The molecule has 1 aliphatic heterocycles. The number of aromatic nitrogens is 1. The molecule has 1 aromatic rings. The van der Waals surface area contributed by atoms with Crippen molar-refractivity contribution in [2.75, 3.05) is 18.8 Å². The van der Waals surface area contributed by atoms with Crippen LogP contribution in [-0.2, 0) is 16.2 Å². The maximum absolute atomic E-state index is 12.4. The Kier molecular flexibility index (Phi) is 4.43. The highest BCUT2D eigenvalue weighted by Crippen LogP contribution is 2.29. The van der Waals surface area contributed by atoms with Gasteiger partial charge in [0.2, 0.25) is 15.9 Å². The van der Waals surface area contributed by atoms with E-state index in [1.807, 2.05) is 0 Å². The van der Waals surface area contributed by atoms with Gasteiger partial charge in [0.05, 0.1) is 24.4 Å². The lowest BCUT2D eigenvalue weighted by Crippen LogP contribution is -2.56. The van der Waals surface area contributed by atoms with Crippen molar-refractivity contribution in [3.8, 4) is 5.88 Å². The Balaban J connectivity index is 1.88. The number of alkyl halides is 3. The van der Waals surface area contributed by atoms with E-state index in [-0.39, 0.29) is 30.8 Å². The van der Waals surface area contributed by atoms with Crippen molar-refractivity contribution < 1.29 is 26.3 Å². The molecule has 2 rings (SSSR count). The molecule has 2 heterocycles. The van der Waals surface area contributed by atoms with Gasteiger partial charge in [0.15, 0.2) is 0 Å². The highest BCUT2D eigenvalue weighted by molar-refractivity contribution is 7.89. The van der Waals surface area contributed by atoms with Crippen LogP contribution in [0.4, 0.5) is 13.2 Å². The summed E-state index contributed by atoms with van der Waals surface area (Å²) >= 11 is 0. The summed E-state index contributed by atoms with van der Waals surface area (Å²) in [5, 5.41) is 0. The zero-order chi connectivity index (χ0) is 15.7. The molecule has 0 atom stereocenters. The Bertz CT molecular complexity index is 581. The Morgan fingerprint density at radius 3 is 2.52 bits per heavy atom. The van der Waals surface area contributed by atoms with Crippen LogP contribution in [-0.4, -0.2) is 42.7 Å². The van der Waals surface area contributed by atoms with Gasteiger partial charge in [-0.1, -0.05) is 6.92 Å². The lowest BCUT2D eigenvalue weighted by Gasteiger charge is -2.37. The van der Waals surface area contributed by atoms with Crippen LogP contribution in [0.15, 0.2) is 18.3 Å². The number of hydrogen-bond donors (Lipinski definition) is 0. The predicted molar refractivity (Wildman–Crippen MR) is 69.3 cm³/mol. The first-order chi connectivity index (χ1) is 9.72. The van der Waals surface area contributed by atoms with E-state index in [9.17, 15) is 21.6 Å². The van der Waals surface area contributed by atoms with Crippen LogP contribution < -0.4 is 4.74 Å². The van der Waals surface area contributed by atoms with Crippen molar-refractivity contribution in [3.05, 3.63) is 23.9 Å². The zero-order valence-corrected chi connectivity index (χ0v) is 12.1. The third-order valence-electron chi connectivity index (χ3n) is 3.02. The van der Waals surface area contributed by atoms with E-state index in [0.717, 1.165) is 12.1 Å². The summed E-state index contributed by atoms with van der Waals surface area (Å²) in [6.45, 7) is 2.17.